The first-order valence-electron chi connectivity index (χ1n) is 14.0. The van der Waals surface area contributed by atoms with Crippen LogP contribution in [0.25, 0.3) is 10.2 Å². The maximum atomic E-state index is 13.1. The average Bonchev–Trinajstić information content (AvgIpc) is 3.31. The minimum absolute atomic E-state index is 0. The van der Waals surface area contributed by atoms with Gasteiger partial charge in [0, 0.05) is 38.6 Å². The summed E-state index contributed by atoms with van der Waals surface area (Å²) in [5.74, 6) is -0.342. The molecule has 1 unspecified atom stereocenters. The number of thiazole rings is 1. The predicted molar refractivity (Wildman–Crippen MR) is 177 cm³/mol. The van der Waals surface area contributed by atoms with Crippen LogP contribution in [0.3, 0.4) is 0 Å². The Kier molecular flexibility index (Phi) is 15.3. The van der Waals surface area contributed by atoms with Crippen molar-refractivity contribution < 1.29 is 24.5 Å². The second-order valence-corrected chi connectivity index (χ2v) is 12.0. The van der Waals surface area contributed by atoms with E-state index in [1.165, 1.54) is 11.0 Å². The van der Waals surface area contributed by atoms with Crippen molar-refractivity contribution in [3.63, 3.8) is 0 Å². The second-order valence-electron chi connectivity index (χ2n) is 11.0. The van der Waals surface area contributed by atoms with Crippen LogP contribution in [0.4, 0.5) is 9.59 Å². The molecule has 0 aliphatic heterocycles. The van der Waals surface area contributed by atoms with Crippen LogP contribution in [-0.4, -0.2) is 93.5 Å². The standard InChI is InChI=1S/C30H42N4O6S.2ClH/c1-6-32(7-2)15-16-33(29(39)40-30(3,4)5)17-18-34(28(37)38)20-22(19-21-11-9-8-10-12-21)23-13-14-24(35)25-26(23)41-27(36)31-25;;/h8-14,22,35H,6-7,15-20H2,1-5H3,(H,31,36)(H,37,38);2*1H. The normalized spacial score (nSPS) is 11.9. The van der Waals surface area contributed by atoms with E-state index >= 15 is 0 Å². The Labute approximate surface area is 269 Å². The molecule has 3 aromatic rings. The van der Waals surface area contributed by atoms with Gasteiger partial charge in [0.25, 0.3) is 0 Å². The highest BCUT2D eigenvalue weighted by Crippen LogP contribution is 2.34. The molecule has 1 aromatic heterocycles. The molecule has 0 saturated heterocycles. The lowest BCUT2D eigenvalue weighted by atomic mass is 9.91. The van der Waals surface area contributed by atoms with Gasteiger partial charge in [-0.25, -0.2) is 9.59 Å². The van der Waals surface area contributed by atoms with Gasteiger partial charge >= 0.3 is 17.1 Å². The molecule has 0 saturated carbocycles. The zero-order valence-corrected chi connectivity index (χ0v) is 27.8. The van der Waals surface area contributed by atoms with E-state index in [9.17, 15) is 24.6 Å². The van der Waals surface area contributed by atoms with Crippen LogP contribution in [0.1, 0.15) is 51.7 Å². The number of amides is 2. The fraction of sp³-hybridized carbons (Fsp3) is 0.500. The predicted octanol–water partition coefficient (Wildman–Crippen LogP) is 6.02. The number of carbonyl (C=O) groups is 2. The Morgan fingerprint density at radius 1 is 0.953 bits per heavy atom. The Morgan fingerprint density at radius 2 is 1.56 bits per heavy atom. The molecule has 240 valence electrons. The Bertz CT molecular complexity index is 1360. The van der Waals surface area contributed by atoms with Gasteiger partial charge in [-0.05, 0) is 57.5 Å². The van der Waals surface area contributed by atoms with Gasteiger partial charge in [0.1, 0.15) is 16.9 Å². The number of carbonyl (C=O) groups excluding carboxylic acids is 1. The molecule has 2 amide bonds. The Morgan fingerprint density at radius 3 is 2.14 bits per heavy atom. The summed E-state index contributed by atoms with van der Waals surface area (Å²) in [5.41, 5.74) is 1.47. The van der Waals surface area contributed by atoms with Crippen molar-refractivity contribution in [2.75, 3.05) is 45.8 Å². The van der Waals surface area contributed by atoms with Crippen LogP contribution < -0.4 is 4.87 Å². The van der Waals surface area contributed by atoms with Gasteiger partial charge in [-0.15, -0.1) is 24.8 Å². The number of hydrogen-bond acceptors (Lipinski definition) is 7. The third-order valence-electron chi connectivity index (χ3n) is 6.94. The van der Waals surface area contributed by atoms with E-state index in [4.69, 9.17) is 4.74 Å². The number of phenols is 1. The maximum absolute atomic E-state index is 13.1. The van der Waals surface area contributed by atoms with Gasteiger partial charge in [-0.1, -0.05) is 61.6 Å². The van der Waals surface area contributed by atoms with E-state index in [0.717, 1.165) is 35.6 Å². The minimum atomic E-state index is -1.10. The first kappa shape index (κ1) is 38.0. The van der Waals surface area contributed by atoms with Crippen molar-refractivity contribution in [2.24, 2.45) is 0 Å². The molecule has 3 N–H and O–H groups in total. The molecule has 10 nitrogen and oxygen atoms in total. The molecule has 3 rings (SSSR count). The summed E-state index contributed by atoms with van der Waals surface area (Å²) in [5, 5.41) is 20.6. The van der Waals surface area contributed by atoms with Crippen molar-refractivity contribution in [2.45, 2.75) is 52.6 Å². The molecule has 0 bridgehead atoms. The summed E-state index contributed by atoms with van der Waals surface area (Å²) >= 11 is 0.997. The zero-order chi connectivity index (χ0) is 30.2. The average molecular weight is 660 g/mol. The number of benzene rings is 2. The van der Waals surface area contributed by atoms with Crippen LogP contribution in [0.2, 0.25) is 0 Å². The molecule has 0 spiro atoms. The van der Waals surface area contributed by atoms with Crippen LogP contribution in [0.15, 0.2) is 47.3 Å². The van der Waals surface area contributed by atoms with Gasteiger partial charge in [0.2, 0.25) is 0 Å². The molecular weight excluding hydrogens is 615 g/mol. The molecular formula is C30H44Cl2N4O6S. The zero-order valence-electron chi connectivity index (χ0n) is 25.4. The highest BCUT2D eigenvalue weighted by molar-refractivity contribution is 7.16. The largest absolute Gasteiger partial charge is 0.506 e. The number of nitrogens with one attached hydrogen (secondary N) is 1. The number of nitrogens with zero attached hydrogens (tertiary/aromatic N) is 3. The first-order chi connectivity index (χ1) is 19.4. The van der Waals surface area contributed by atoms with E-state index < -0.39 is 17.8 Å². The van der Waals surface area contributed by atoms with Crippen molar-refractivity contribution >= 4 is 58.6 Å². The summed E-state index contributed by atoms with van der Waals surface area (Å²) in [4.78, 5) is 45.2. The fourth-order valence-electron chi connectivity index (χ4n) is 4.73. The van der Waals surface area contributed by atoms with Crippen LogP contribution in [0.5, 0.6) is 5.75 Å². The summed E-state index contributed by atoms with van der Waals surface area (Å²) in [6, 6.07) is 13.0. The number of aromatic amines is 1. The van der Waals surface area contributed by atoms with Crippen molar-refractivity contribution in [3.05, 3.63) is 63.3 Å². The number of phenolic OH excluding ortho intramolecular Hbond substituents is 1. The van der Waals surface area contributed by atoms with Crippen LogP contribution >= 0.6 is 36.2 Å². The van der Waals surface area contributed by atoms with E-state index in [0.29, 0.717) is 29.7 Å². The summed E-state index contributed by atoms with van der Waals surface area (Å²) in [7, 11) is 0. The lowest BCUT2D eigenvalue weighted by molar-refractivity contribution is 0.0214. The number of ether oxygens (including phenoxy) is 1. The molecule has 0 aliphatic carbocycles. The second kappa shape index (κ2) is 17.3. The van der Waals surface area contributed by atoms with Gasteiger partial charge in [0.15, 0.2) is 0 Å². The minimum Gasteiger partial charge on any atom is -0.506 e. The third kappa shape index (κ3) is 11.2. The number of rotatable bonds is 13. The van der Waals surface area contributed by atoms with Gasteiger partial charge < -0.3 is 34.6 Å². The van der Waals surface area contributed by atoms with Crippen LogP contribution in [-0.2, 0) is 11.2 Å². The third-order valence-corrected chi connectivity index (χ3v) is 7.87. The molecule has 0 fully saturated rings. The van der Waals surface area contributed by atoms with Gasteiger partial charge in [-0.3, -0.25) is 4.79 Å². The monoisotopic (exact) mass is 658 g/mol. The number of halogens is 2. The Hall–Kier alpha value is -2.99. The molecule has 13 heteroatoms. The van der Waals surface area contributed by atoms with Crippen LogP contribution in [0, 0.1) is 0 Å². The SMILES string of the molecule is CCN(CC)CCN(CCN(CC(Cc1ccccc1)c1ccc(O)c2[nH]c(=O)sc12)C(=O)O)C(=O)OC(C)(C)C.Cl.Cl. The van der Waals surface area contributed by atoms with Crippen molar-refractivity contribution in [3.8, 4) is 5.75 Å². The number of fused-ring (bicyclic) bond motifs is 1. The number of likely N-dealkylation sites (N-methyl/N-ethyl adjacent to an activating group) is 1. The highest BCUT2D eigenvalue weighted by atomic mass is 35.5. The topological polar surface area (TPSA) is 126 Å². The lowest BCUT2D eigenvalue weighted by Crippen LogP contribution is -2.46. The summed E-state index contributed by atoms with van der Waals surface area (Å²) in [6.07, 6.45) is -1.06. The Balaban J connectivity index is 0.00000462. The van der Waals surface area contributed by atoms with Crippen molar-refractivity contribution in [1.29, 1.82) is 0 Å². The highest BCUT2D eigenvalue weighted by Gasteiger charge is 2.27. The molecule has 1 heterocycles. The molecule has 2 aromatic carbocycles. The fourth-order valence-corrected chi connectivity index (χ4v) is 5.68. The summed E-state index contributed by atoms with van der Waals surface area (Å²) < 4.78 is 6.24. The summed E-state index contributed by atoms with van der Waals surface area (Å²) in [6.45, 7) is 12.7. The van der Waals surface area contributed by atoms with E-state index in [2.05, 4.69) is 23.7 Å². The quantitative estimate of drug-likeness (QED) is 0.205. The maximum Gasteiger partial charge on any atom is 0.410 e. The van der Waals surface area contributed by atoms with Gasteiger partial charge in [-0.2, -0.15) is 0 Å². The van der Waals surface area contributed by atoms with E-state index in [1.807, 2.05) is 30.3 Å². The number of hydrogen-bond donors (Lipinski definition) is 3. The molecule has 0 aliphatic rings. The molecule has 43 heavy (non-hydrogen) atoms. The number of carboxylic acid groups (broad SMARTS) is 1. The number of aromatic hydroxyl groups is 1. The molecule has 0 radical (unpaired) electrons. The van der Waals surface area contributed by atoms with E-state index in [1.54, 1.807) is 31.7 Å². The molecule has 1 atom stereocenters. The lowest BCUT2D eigenvalue weighted by Gasteiger charge is -2.32. The number of aromatic nitrogens is 1. The number of H-pyrrole nitrogens is 1. The van der Waals surface area contributed by atoms with E-state index in [-0.39, 0.29) is 61.0 Å². The van der Waals surface area contributed by atoms with Crippen molar-refractivity contribution in [1.82, 2.24) is 19.7 Å². The first-order valence-corrected chi connectivity index (χ1v) is 14.8. The smallest absolute Gasteiger partial charge is 0.410 e. The van der Waals surface area contributed by atoms with Gasteiger partial charge in [0.05, 0.1) is 4.70 Å².